The fourth-order valence-corrected chi connectivity index (χ4v) is 3.84. The molecule has 0 spiro atoms. The molecule has 0 radical (unpaired) electrons. The number of rotatable bonds is 7. The van der Waals surface area contributed by atoms with Crippen LogP contribution in [0.5, 0.6) is 11.5 Å². The van der Waals surface area contributed by atoms with Crippen molar-refractivity contribution in [1.82, 2.24) is 9.80 Å². The SMILES string of the molecule is CCCOc1c(Cl)cc(C(=O)N2CCCC(CN(C)C(=O)OC(C)(C)C)C2)cc1OC. The third-order valence-electron chi connectivity index (χ3n) is 4.97. The number of carbonyl (C=O) groups excluding carboxylic acids is 2. The van der Waals surface area contributed by atoms with Gasteiger partial charge in [0.25, 0.3) is 5.91 Å². The average Bonchev–Trinajstić information content (AvgIpc) is 2.70. The number of nitrogens with zero attached hydrogens (tertiary/aromatic N) is 2. The molecule has 1 saturated heterocycles. The van der Waals surface area contributed by atoms with Crippen molar-refractivity contribution in [2.75, 3.05) is 40.4 Å². The van der Waals surface area contributed by atoms with Gasteiger partial charge in [0, 0.05) is 32.2 Å². The van der Waals surface area contributed by atoms with Gasteiger partial charge in [-0.1, -0.05) is 18.5 Å². The van der Waals surface area contributed by atoms with Crippen molar-refractivity contribution in [1.29, 1.82) is 0 Å². The van der Waals surface area contributed by atoms with Gasteiger partial charge in [-0.05, 0) is 58.1 Å². The topological polar surface area (TPSA) is 68.3 Å². The summed E-state index contributed by atoms with van der Waals surface area (Å²) in [6.45, 7) is 9.83. The molecule has 174 valence electrons. The first kappa shape index (κ1) is 25.1. The zero-order valence-corrected chi connectivity index (χ0v) is 20.3. The molecule has 1 fully saturated rings. The minimum absolute atomic E-state index is 0.105. The lowest BCUT2D eigenvalue weighted by Crippen LogP contribution is -2.45. The lowest BCUT2D eigenvalue weighted by atomic mass is 9.97. The third-order valence-corrected chi connectivity index (χ3v) is 5.25. The van der Waals surface area contributed by atoms with Crippen LogP contribution in [-0.2, 0) is 4.74 Å². The van der Waals surface area contributed by atoms with Crippen LogP contribution in [0.2, 0.25) is 5.02 Å². The van der Waals surface area contributed by atoms with E-state index in [9.17, 15) is 9.59 Å². The summed E-state index contributed by atoms with van der Waals surface area (Å²) in [5.41, 5.74) is -0.0718. The first-order chi connectivity index (χ1) is 14.6. The van der Waals surface area contributed by atoms with Crippen LogP contribution in [0.3, 0.4) is 0 Å². The third kappa shape index (κ3) is 7.20. The van der Waals surface area contributed by atoms with Crippen molar-refractivity contribution in [3.8, 4) is 11.5 Å². The molecule has 8 heteroatoms. The standard InChI is InChI=1S/C23H35ClN2O5/c1-7-11-30-20-18(24)12-17(13-19(20)29-6)21(27)26-10-8-9-16(15-26)14-25(5)22(28)31-23(2,3)4/h12-13,16H,7-11,14-15H2,1-6H3. The maximum atomic E-state index is 13.2. The summed E-state index contributed by atoms with van der Waals surface area (Å²) in [4.78, 5) is 28.8. The Balaban J connectivity index is 2.07. The Morgan fingerprint density at radius 2 is 2.00 bits per heavy atom. The molecular formula is C23H35ClN2O5. The summed E-state index contributed by atoms with van der Waals surface area (Å²) in [6, 6.07) is 3.31. The summed E-state index contributed by atoms with van der Waals surface area (Å²) >= 11 is 6.38. The van der Waals surface area contributed by atoms with E-state index in [4.69, 9.17) is 25.8 Å². The number of piperidine rings is 1. The van der Waals surface area contributed by atoms with E-state index in [0.29, 0.717) is 48.3 Å². The highest BCUT2D eigenvalue weighted by molar-refractivity contribution is 6.32. The maximum absolute atomic E-state index is 13.2. The largest absolute Gasteiger partial charge is 0.493 e. The van der Waals surface area contributed by atoms with Crippen LogP contribution in [0, 0.1) is 5.92 Å². The molecule has 1 atom stereocenters. The Hall–Kier alpha value is -2.15. The van der Waals surface area contributed by atoms with Crippen LogP contribution >= 0.6 is 11.6 Å². The zero-order chi connectivity index (χ0) is 23.2. The van der Waals surface area contributed by atoms with Crippen molar-refractivity contribution in [2.24, 2.45) is 5.92 Å². The van der Waals surface area contributed by atoms with Gasteiger partial charge in [0.1, 0.15) is 5.60 Å². The maximum Gasteiger partial charge on any atom is 0.410 e. The Morgan fingerprint density at radius 1 is 1.29 bits per heavy atom. The molecule has 1 aromatic rings. The van der Waals surface area contributed by atoms with Crippen molar-refractivity contribution < 1.29 is 23.8 Å². The van der Waals surface area contributed by atoms with E-state index in [1.807, 2.05) is 32.6 Å². The molecular weight excluding hydrogens is 420 g/mol. The molecule has 31 heavy (non-hydrogen) atoms. The predicted molar refractivity (Wildman–Crippen MR) is 121 cm³/mol. The second-order valence-corrected chi connectivity index (χ2v) is 9.37. The molecule has 1 aromatic carbocycles. The first-order valence-electron chi connectivity index (χ1n) is 10.8. The molecule has 1 unspecified atom stereocenters. The van der Waals surface area contributed by atoms with Gasteiger partial charge in [0.05, 0.1) is 18.7 Å². The highest BCUT2D eigenvalue weighted by Gasteiger charge is 2.28. The van der Waals surface area contributed by atoms with Crippen molar-refractivity contribution >= 4 is 23.6 Å². The second-order valence-electron chi connectivity index (χ2n) is 8.96. The number of amides is 2. The first-order valence-corrected chi connectivity index (χ1v) is 11.2. The molecule has 0 aromatic heterocycles. The molecule has 0 N–H and O–H groups in total. The van der Waals surface area contributed by atoms with E-state index in [0.717, 1.165) is 19.3 Å². The van der Waals surface area contributed by atoms with E-state index in [-0.39, 0.29) is 17.9 Å². The summed E-state index contributed by atoms with van der Waals surface area (Å²) in [6.07, 6.45) is 2.31. The molecule has 1 heterocycles. The smallest absolute Gasteiger partial charge is 0.410 e. The number of halogens is 1. The fraction of sp³-hybridized carbons (Fsp3) is 0.652. The van der Waals surface area contributed by atoms with Gasteiger partial charge in [-0.25, -0.2) is 4.79 Å². The van der Waals surface area contributed by atoms with Crippen molar-refractivity contribution in [3.05, 3.63) is 22.7 Å². The second kappa shape index (κ2) is 10.9. The number of ether oxygens (including phenoxy) is 3. The molecule has 2 amide bonds. The minimum atomic E-state index is -0.536. The number of hydrogen-bond acceptors (Lipinski definition) is 5. The number of likely N-dealkylation sites (tertiary alicyclic amines) is 1. The highest BCUT2D eigenvalue weighted by Crippen LogP contribution is 2.37. The van der Waals surface area contributed by atoms with E-state index in [1.165, 1.54) is 7.11 Å². The van der Waals surface area contributed by atoms with Crippen LogP contribution in [0.4, 0.5) is 4.79 Å². The number of carbonyl (C=O) groups is 2. The Bertz CT molecular complexity index is 778. The average molecular weight is 455 g/mol. The van der Waals surface area contributed by atoms with Gasteiger partial charge < -0.3 is 24.0 Å². The van der Waals surface area contributed by atoms with Crippen LogP contribution < -0.4 is 9.47 Å². The fourth-order valence-electron chi connectivity index (χ4n) is 3.57. The molecule has 0 saturated carbocycles. The summed E-state index contributed by atoms with van der Waals surface area (Å²) in [7, 11) is 3.26. The lowest BCUT2D eigenvalue weighted by Gasteiger charge is -2.35. The summed E-state index contributed by atoms with van der Waals surface area (Å²) in [5.74, 6) is 0.979. The zero-order valence-electron chi connectivity index (χ0n) is 19.5. The van der Waals surface area contributed by atoms with Gasteiger partial charge in [-0.3, -0.25) is 4.79 Å². The number of hydrogen-bond donors (Lipinski definition) is 0. The van der Waals surface area contributed by atoms with Gasteiger partial charge in [0.2, 0.25) is 0 Å². The van der Waals surface area contributed by atoms with Gasteiger partial charge >= 0.3 is 6.09 Å². The van der Waals surface area contributed by atoms with E-state index >= 15 is 0 Å². The van der Waals surface area contributed by atoms with E-state index < -0.39 is 5.60 Å². The van der Waals surface area contributed by atoms with E-state index in [2.05, 4.69) is 0 Å². The van der Waals surface area contributed by atoms with Gasteiger partial charge in [-0.15, -0.1) is 0 Å². The molecule has 1 aliphatic rings. The molecule has 1 aliphatic heterocycles. The normalized spacial score (nSPS) is 16.6. The van der Waals surface area contributed by atoms with E-state index in [1.54, 1.807) is 24.1 Å². The van der Waals surface area contributed by atoms with Crippen LogP contribution in [0.1, 0.15) is 57.3 Å². The van der Waals surface area contributed by atoms with Gasteiger partial charge in [-0.2, -0.15) is 0 Å². The quantitative estimate of drug-likeness (QED) is 0.588. The minimum Gasteiger partial charge on any atom is -0.493 e. The Kier molecular flexibility index (Phi) is 8.86. The Morgan fingerprint density at radius 3 is 2.61 bits per heavy atom. The number of benzene rings is 1. The Labute approximate surface area is 190 Å². The van der Waals surface area contributed by atoms with Crippen LogP contribution in [-0.4, -0.2) is 67.8 Å². The molecule has 2 rings (SSSR count). The summed E-state index contributed by atoms with van der Waals surface area (Å²) in [5, 5.41) is 0.356. The lowest BCUT2D eigenvalue weighted by molar-refractivity contribution is 0.0244. The van der Waals surface area contributed by atoms with Gasteiger partial charge in [0.15, 0.2) is 11.5 Å². The van der Waals surface area contributed by atoms with Crippen LogP contribution in [0.25, 0.3) is 0 Å². The monoisotopic (exact) mass is 454 g/mol. The predicted octanol–water partition coefficient (Wildman–Crippen LogP) is 4.86. The highest BCUT2D eigenvalue weighted by atomic mass is 35.5. The summed E-state index contributed by atoms with van der Waals surface area (Å²) < 4.78 is 16.5. The van der Waals surface area contributed by atoms with Crippen molar-refractivity contribution in [3.63, 3.8) is 0 Å². The van der Waals surface area contributed by atoms with Crippen LogP contribution in [0.15, 0.2) is 12.1 Å². The molecule has 7 nitrogen and oxygen atoms in total. The molecule has 0 aliphatic carbocycles. The number of methoxy groups -OCH3 is 1. The van der Waals surface area contributed by atoms with Crippen molar-refractivity contribution in [2.45, 2.75) is 52.6 Å². The molecule has 0 bridgehead atoms.